The fraction of sp³-hybridized carbons (Fsp3) is 0.167. The zero-order chi connectivity index (χ0) is 20.2. The highest BCUT2D eigenvalue weighted by atomic mass is 16.5. The van der Waals surface area contributed by atoms with Gasteiger partial charge in [0.2, 0.25) is 5.91 Å². The van der Waals surface area contributed by atoms with Gasteiger partial charge in [-0.1, -0.05) is 36.4 Å². The molecule has 29 heavy (non-hydrogen) atoms. The van der Waals surface area contributed by atoms with Crippen LogP contribution in [0.4, 0.5) is 5.69 Å². The molecule has 3 aromatic rings. The molecule has 1 saturated heterocycles. The molecule has 146 valence electrons. The SMILES string of the molecule is CC1C(=O)N(c2ccc(Oc3ccccc3)cc2)CCN1C(=O)c1ccccc1. The molecule has 0 bridgehead atoms. The smallest absolute Gasteiger partial charge is 0.254 e. The van der Waals surface area contributed by atoms with Gasteiger partial charge in [-0.2, -0.15) is 0 Å². The molecule has 1 atom stereocenters. The Morgan fingerprint density at radius 2 is 1.41 bits per heavy atom. The average molecular weight is 386 g/mol. The van der Waals surface area contributed by atoms with E-state index in [-0.39, 0.29) is 11.8 Å². The lowest BCUT2D eigenvalue weighted by atomic mass is 10.1. The van der Waals surface area contributed by atoms with Gasteiger partial charge in [0, 0.05) is 24.3 Å². The number of benzene rings is 3. The van der Waals surface area contributed by atoms with Crippen molar-refractivity contribution in [3.05, 3.63) is 90.5 Å². The van der Waals surface area contributed by atoms with Crippen molar-refractivity contribution < 1.29 is 14.3 Å². The van der Waals surface area contributed by atoms with Crippen LogP contribution in [0.5, 0.6) is 11.5 Å². The Labute approximate surface area is 170 Å². The van der Waals surface area contributed by atoms with E-state index in [1.54, 1.807) is 28.9 Å². The molecule has 1 heterocycles. The summed E-state index contributed by atoms with van der Waals surface area (Å²) in [6.45, 7) is 2.73. The molecule has 0 saturated carbocycles. The summed E-state index contributed by atoms with van der Waals surface area (Å²) in [5.74, 6) is 1.27. The first kappa shape index (κ1) is 18.7. The standard InChI is InChI=1S/C24H22N2O3/c1-18-23(27)26(17-16-25(18)24(28)19-8-4-2-5-9-19)20-12-14-22(15-13-20)29-21-10-6-3-7-11-21/h2-15,18H,16-17H2,1H3. The molecule has 0 aromatic heterocycles. The van der Waals surface area contributed by atoms with Crippen molar-refractivity contribution >= 4 is 17.5 Å². The number of carbonyl (C=O) groups is 2. The van der Waals surface area contributed by atoms with E-state index >= 15 is 0 Å². The molecule has 4 rings (SSSR count). The Morgan fingerprint density at radius 1 is 0.828 bits per heavy atom. The van der Waals surface area contributed by atoms with Crippen molar-refractivity contribution in [1.29, 1.82) is 0 Å². The number of anilines is 1. The maximum absolute atomic E-state index is 12.9. The molecule has 2 amide bonds. The summed E-state index contributed by atoms with van der Waals surface area (Å²) in [5.41, 5.74) is 1.40. The van der Waals surface area contributed by atoms with Crippen LogP contribution in [0.2, 0.25) is 0 Å². The van der Waals surface area contributed by atoms with Gasteiger partial charge < -0.3 is 14.5 Å². The average Bonchev–Trinajstić information content (AvgIpc) is 2.77. The first-order valence-electron chi connectivity index (χ1n) is 9.64. The molecular formula is C24H22N2O3. The number of hydrogen-bond donors (Lipinski definition) is 0. The van der Waals surface area contributed by atoms with E-state index in [1.165, 1.54) is 0 Å². The van der Waals surface area contributed by atoms with Crippen LogP contribution in [0.25, 0.3) is 0 Å². The Bertz CT molecular complexity index is 988. The molecule has 1 unspecified atom stereocenters. The van der Waals surface area contributed by atoms with Gasteiger partial charge in [-0.05, 0) is 55.5 Å². The minimum atomic E-state index is -0.517. The minimum Gasteiger partial charge on any atom is -0.457 e. The third-order valence-corrected chi connectivity index (χ3v) is 5.06. The Morgan fingerprint density at radius 3 is 2.07 bits per heavy atom. The third-order valence-electron chi connectivity index (χ3n) is 5.06. The van der Waals surface area contributed by atoms with Gasteiger partial charge in [0.25, 0.3) is 5.91 Å². The van der Waals surface area contributed by atoms with Gasteiger partial charge in [-0.15, -0.1) is 0 Å². The van der Waals surface area contributed by atoms with Crippen molar-refractivity contribution in [3.63, 3.8) is 0 Å². The van der Waals surface area contributed by atoms with Crippen LogP contribution < -0.4 is 9.64 Å². The lowest BCUT2D eigenvalue weighted by Crippen LogP contribution is -2.57. The second-order valence-electron chi connectivity index (χ2n) is 6.94. The van der Waals surface area contributed by atoms with Crippen molar-refractivity contribution in [2.45, 2.75) is 13.0 Å². The molecule has 1 aliphatic heterocycles. The van der Waals surface area contributed by atoms with Gasteiger partial charge in [-0.3, -0.25) is 9.59 Å². The molecule has 0 N–H and O–H groups in total. The molecular weight excluding hydrogens is 364 g/mol. The van der Waals surface area contributed by atoms with Crippen molar-refractivity contribution in [2.24, 2.45) is 0 Å². The number of amides is 2. The number of para-hydroxylation sites is 1. The molecule has 0 spiro atoms. The van der Waals surface area contributed by atoms with Crippen LogP contribution >= 0.6 is 0 Å². The first-order valence-corrected chi connectivity index (χ1v) is 9.64. The summed E-state index contributed by atoms with van der Waals surface area (Å²) in [7, 11) is 0. The molecule has 5 heteroatoms. The highest BCUT2D eigenvalue weighted by Gasteiger charge is 2.35. The lowest BCUT2D eigenvalue weighted by molar-refractivity contribution is -0.124. The monoisotopic (exact) mass is 386 g/mol. The van der Waals surface area contributed by atoms with Gasteiger partial charge >= 0.3 is 0 Å². The van der Waals surface area contributed by atoms with Crippen LogP contribution in [-0.2, 0) is 4.79 Å². The predicted octanol–water partition coefficient (Wildman–Crippen LogP) is 4.36. The summed E-state index contributed by atoms with van der Waals surface area (Å²) < 4.78 is 5.81. The van der Waals surface area contributed by atoms with Crippen LogP contribution in [0.1, 0.15) is 17.3 Å². The van der Waals surface area contributed by atoms with Crippen molar-refractivity contribution in [1.82, 2.24) is 4.90 Å². The summed E-state index contributed by atoms with van der Waals surface area (Å²) in [6, 6.07) is 25.6. The third kappa shape index (κ3) is 3.99. The van der Waals surface area contributed by atoms with E-state index in [4.69, 9.17) is 4.74 Å². The van der Waals surface area contributed by atoms with Gasteiger partial charge in [0.1, 0.15) is 17.5 Å². The predicted molar refractivity (Wildman–Crippen MR) is 112 cm³/mol. The lowest BCUT2D eigenvalue weighted by Gasteiger charge is -2.39. The van der Waals surface area contributed by atoms with Gasteiger partial charge in [-0.25, -0.2) is 0 Å². The van der Waals surface area contributed by atoms with Crippen LogP contribution in [0.3, 0.4) is 0 Å². The number of rotatable bonds is 4. The second kappa shape index (κ2) is 8.19. The number of piperazine rings is 1. The highest BCUT2D eigenvalue weighted by molar-refractivity contribution is 6.03. The van der Waals surface area contributed by atoms with Crippen LogP contribution in [0, 0.1) is 0 Å². The van der Waals surface area contributed by atoms with Crippen LogP contribution in [0.15, 0.2) is 84.9 Å². The maximum Gasteiger partial charge on any atom is 0.254 e. The number of nitrogens with zero attached hydrogens (tertiary/aromatic N) is 2. The summed E-state index contributed by atoms with van der Waals surface area (Å²) >= 11 is 0. The van der Waals surface area contributed by atoms with E-state index in [2.05, 4.69) is 0 Å². The zero-order valence-electron chi connectivity index (χ0n) is 16.2. The molecule has 1 aliphatic rings. The number of hydrogen-bond acceptors (Lipinski definition) is 3. The normalized spacial score (nSPS) is 16.6. The largest absolute Gasteiger partial charge is 0.457 e. The van der Waals surface area contributed by atoms with Crippen molar-refractivity contribution in [2.75, 3.05) is 18.0 Å². The minimum absolute atomic E-state index is 0.0859. The quantitative estimate of drug-likeness (QED) is 0.670. The van der Waals surface area contributed by atoms with Crippen molar-refractivity contribution in [3.8, 4) is 11.5 Å². The zero-order valence-corrected chi connectivity index (χ0v) is 16.2. The molecule has 5 nitrogen and oxygen atoms in total. The van der Waals surface area contributed by atoms with E-state index in [0.717, 1.165) is 11.4 Å². The van der Waals surface area contributed by atoms with E-state index in [0.29, 0.717) is 24.4 Å². The van der Waals surface area contributed by atoms with E-state index in [1.807, 2.05) is 72.8 Å². The van der Waals surface area contributed by atoms with Crippen LogP contribution in [-0.4, -0.2) is 35.8 Å². The second-order valence-corrected chi connectivity index (χ2v) is 6.94. The molecule has 0 aliphatic carbocycles. The number of carbonyl (C=O) groups excluding carboxylic acids is 2. The van der Waals surface area contributed by atoms with Gasteiger partial charge in [0.15, 0.2) is 0 Å². The molecule has 0 radical (unpaired) electrons. The maximum atomic E-state index is 12.9. The Balaban J connectivity index is 1.45. The summed E-state index contributed by atoms with van der Waals surface area (Å²) in [5, 5.41) is 0. The first-order chi connectivity index (χ1) is 14.1. The van der Waals surface area contributed by atoms with E-state index < -0.39 is 6.04 Å². The topological polar surface area (TPSA) is 49.9 Å². The highest BCUT2D eigenvalue weighted by Crippen LogP contribution is 2.26. The summed E-state index contributed by atoms with van der Waals surface area (Å²) in [4.78, 5) is 29.1. The summed E-state index contributed by atoms with van der Waals surface area (Å²) in [6.07, 6.45) is 0. The van der Waals surface area contributed by atoms with E-state index in [9.17, 15) is 9.59 Å². The molecule has 1 fully saturated rings. The number of ether oxygens (including phenoxy) is 1. The fourth-order valence-corrected chi connectivity index (χ4v) is 3.47. The molecule has 3 aromatic carbocycles. The Kier molecular flexibility index (Phi) is 5.29. The van der Waals surface area contributed by atoms with Gasteiger partial charge in [0.05, 0.1) is 0 Å². The fourth-order valence-electron chi connectivity index (χ4n) is 3.47. The Hall–Kier alpha value is -3.60.